The molecular weight excluding hydrogens is 222 g/mol. The number of anilines is 1. The van der Waals surface area contributed by atoms with Crippen molar-refractivity contribution in [3.63, 3.8) is 0 Å². The van der Waals surface area contributed by atoms with E-state index in [4.69, 9.17) is 10.5 Å². The summed E-state index contributed by atoms with van der Waals surface area (Å²) in [5, 5.41) is 0. The Morgan fingerprint density at radius 3 is 2.39 bits per heavy atom. The largest absolute Gasteiger partial charge is 0.490 e. The smallest absolute Gasteiger partial charge is 0.127 e. The minimum Gasteiger partial charge on any atom is -0.490 e. The molecule has 0 saturated heterocycles. The van der Waals surface area contributed by atoms with Crippen molar-refractivity contribution in [2.75, 3.05) is 5.73 Å². The van der Waals surface area contributed by atoms with Crippen LogP contribution in [-0.2, 0) is 0 Å². The van der Waals surface area contributed by atoms with Crippen molar-refractivity contribution in [1.82, 2.24) is 0 Å². The van der Waals surface area contributed by atoms with Crippen LogP contribution < -0.4 is 10.5 Å². The molecule has 2 aromatic carbocycles. The van der Waals surface area contributed by atoms with E-state index in [1.807, 2.05) is 50.2 Å². The van der Waals surface area contributed by atoms with Gasteiger partial charge in [-0.25, -0.2) is 0 Å². The summed E-state index contributed by atoms with van der Waals surface area (Å²) in [7, 11) is 0. The molecular formula is C16H19NO. The third-order valence-corrected chi connectivity index (χ3v) is 2.79. The molecule has 0 heterocycles. The van der Waals surface area contributed by atoms with Crippen molar-refractivity contribution in [2.45, 2.75) is 26.9 Å². The van der Waals surface area contributed by atoms with Gasteiger partial charge in [0.25, 0.3) is 0 Å². The second-order valence-corrected chi connectivity index (χ2v) is 4.74. The first-order valence-corrected chi connectivity index (χ1v) is 6.20. The number of para-hydroxylation sites is 1. The molecule has 0 aliphatic heterocycles. The molecule has 0 atom stereocenters. The van der Waals surface area contributed by atoms with Crippen LogP contribution in [0, 0.1) is 6.92 Å². The number of rotatable bonds is 3. The van der Waals surface area contributed by atoms with Gasteiger partial charge in [0, 0.05) is 11.3 Å². The number of nitrogens with two attached hydrogens (primary N) is 1. The Balaban J connectivity index is 2.49. The standard InChI is InChI=1S/C16H19NO/c1-11(2)18-16-7-5-4-6-15(16)14-9-8-13(17)10-12(14)3/h4-11H,17H2,1-3H3. The van der Waals surface area contributed by atoms with Gasteiger partial charge in [-0.15, -0.1) is 0 Å². The van der Waals surface area contributed by atoms with Crippen LogP contribution in [0.1, 0.15) is 19.4 Å². The van der Waals surface area contributed by atoms with Gasteiger partial charge in [-0.3, -0.25) is 0 Å². The molecule has 2 N–H and O–H groups in total. The molecule has 2 nitrogen and oxygen atoms in total. The van der Waals surface area contributed by atoms with E-state index in [9.17, 15) is 0 Å². The fourth-order valence-corrected chi connectivity index (χ4v) is 2.03. The minimum atomic E-state index is 0.167. The zero-order chi connectivity index (χ0) is 13.1. The SMILES string of the molecule is Cc1cc(N)ccc1-c1ccccc1OC(C)C. The van der Waals surface area contributed by atoms with Crippen LogP contribution in [0.4, 0.5) is 5.69 Å². The average Bonchev–Trinajstić information content (AvgIpc) is 2.30. The van der Waals surface area contributed by atoms with E-state index in [1.165, 1.54) is 5.56 Å². The Bertz CT molecular complexity index is 547. The number of ether oxygens (including phenoxy) is 1. The van der Waals surface area contributed by atoms with Gasteiger partial charge in [-0.2, -0.15) is 0 Å². The molecule has 0 aliphatic rings. The van der Waals surface area contributed by atoms with Gasteiger partial charge >= 0.3 is 0 Å². The van der Waals surface area contributed by atoms with Crippen LogP contribution in [-0.4, -0.2) is 6.10 Å². The number of nitrogen functional groups attached to an aromatic ring is 1. The number of aryl methyl sites for hydroxylation is 1. The monoisotopic (exact) mass is 241 g/mol. The minimum absolute atomic E-state index is 0.167. The van der Waals surface area contributed by atoms with Crippen molar-refractivity contribution in [1.29, 1.82) is 0 Å². The maximum absolute atomic E-state index is 5.85. The molecule has 0 spiro atoms. The molecule has 94 valence electrons. The van der Waals surface area contributed by atoms with Gasteiger partial charge in [0.2, 0.25) is 0 Å². The summed E-state index contributed by atoms with van der Waals surface area (Å²) in [6.45, 7) is 6.14. The van der Waals surface area contributed by atoms with Crippen molar-refractivity contribution in [3.8, 4) is 16.9 Å². The molecule has 0 fully saturated rings. The fourth-order valence-electron chi connectivity index (χ4n) is 2.03. The first-order valence-electron chi connectivity index (χ1n) is 6.20. The van der Waals surface area contributed by atoms with E-state index < -0.39 is 0 Å². The van der Waals surface area contributed by atoms with Gasteiger partial charge in [0.1, 0.15) is 5.75 Å². The molecule has 0 bridgehead atoms. The predicted molar refractivity (Wildman–Crippen MR) is 76.8 cm³/mol. The molecule has 2 heteroatoms. The maximum Gasteiger partial charge on any atom is 0.127 e. The fraction of sp³-hybridized carbons (Fsp3) is 0.250. The maximum atomic E-state index is 5.85. The molecule has 18 heavy (non-hydrogen) atoms. The zero-order valence-corrected chi connectivity index (χ0v) is 11.1. The molecule has 0 unspecified atom stereocenters. The Hall–Kier alpha value is -1.96. The third kappa shape index (κ3) is 2.65. The van der Waals surface area contributed by atoms with Crippen molar-refractivity contribution in [2.24, 2.45) is 0 Å². The molecule has 2 rings (SSSR count). The van der Waals surface area contributed by atoms with Crippen molar-refractivity contribution >= 4 is 5.69 Å². The lowest BCUT2D eigenvalue weighted by Crippen LogP contribution is -2.06. The normalized spacial score (nSPS) is 10.7. The summed E-state index contributed by atoms with van der Waals surface area (Å²) in [5.74, 6) is 0.917. The van der Waals surface area contributed by atoms with Crippen LogP contribution >= 0.6 is 0 Å². The lowest BCUT2D eigenvalue weighted by Gasteiger charge is -2.15. The topological polar surface area (TPSA) is 35.2 Å². The quantitative estimate of drug-likeness (QED) is 0.823. The number of benzene rings is 2. The van der Waals surface area contributed by atoms with E-state index >= 15 is 0 Å². The summed E-state index contributed by atoms with van der Waals surface area (Å²) in [5.41, 5.74) is 10.0. The second kappa shape index (κ2) is 5.13. The van der Waals surface area contributed by atoms with Gasteiger partial charge in [-0.1, -0.05) is 24.3 Å². The Kier molecular flexibility index (Phi) is 3.56. The van der Waals surface area contributed by atoms with Crippen LogP contribution in [0.25, 0.3) is 11.1 Å². The number of hydrogen-bond donors (Lipinski definition) is 1. The predicted octanol–water partition coefficient (Wildman–Crippen LogP) is 4.03. The van der Waals surface area contributed by atoms with E-state index in [0.717, 1.165) is 22.6 Å². The highest BCUT2D eigenvalue weighted by molar-refractivity contribution is 5.74. The molecule has 0 amide bonds. The molecule has 2 aromatic rings. The van der Waals surface area contributed by atoms with E-state index in [1.54, 1.807) is 0 Å². The Labute approximate surface area is 108 Å². The summed E-state index contributed by atoms with van der Waals surface area (Å²) in [6, 6.07) is 14.1. The number of hydrogen-bond acceptors (Lipinski definition) is 2. The van der Waals surface area contributed by atoms with Crippen molar-refractivity contribution < 1.29 is 4.74 Å². The summed E-state index contributed by atoms with van der Waals surface area (Å²) >= 11 is 0. The van der Waals surface area contributed by atoms with Crippen LogP contribution in [0.3, 0.4) is 0 Å². The van der Waals surface area contributed by atoms with Crippen LogP contribution in [0.15, 0.2) is 42.5 Å². The van der Waals surface area contributed by atoms with Crippen LogP contribution in [0.2, 0.25) is 0 Å². The Morgan fingerprint density at radius 2 is 1.72 bits per heavy atom. The highest BCUT2D eigenvalue weighted by Crippen LogP contribution is 2.33. The van der Waals surface area contributed by atoms with Gasteiger partial charge < -0.3 is 10.5 Å². The Morgan fingerprint density at radius 1 is 1.00 bits per heavy atom. The first-order chi connectivity index (χ1) is 8.58. The van der Waals surface area contributed by atoms with E-state index in [0.29, 0.717) is 0 Å². The molecule has 0 aliphatic carbocycles. The molecule has 0 aromatic heterocycles. The summed E-state index contributed by atoms with van der Waals surface area (Å²) < 4.78 is 5.85. The lowest BCUT2D eigenvalue weighted by atomic mass is 9.99. The van der Waals surface area contributed by atoms with Crippen LogP contribution in [0.5, 0.6) is 5.75 Å². The summed E-state index contributed by atoms with van der Waals surface area (Å²) in [6.07, 6.45) is 0.167. The van der Waals surface area contributed by atoms with Gasteiger partial charge in [0.05, 0.1) is 6.10 Å². The third-order valence-electron chi connectivity index (χ3n) is 2.79. The first kappa shape index (κ1) is 12.5. The molecule has 0 radical (unpaired) electrons. The second-order valence-electron chi connectivity index (χ2n) is 4.74. The van der Waals surface area contributed by atoms with Gasteiger partial charge in [-0.05, 0) is 50.1 Å². The zero-order valence-electron chi connectivity index (χ0n) is 11.1. The van der Waals surface area contributed by atoms with Crippen molar-refractivity contribution in [3.05, 3.63) is 48.0 Å². The van der Waals surface area contributed by atoms with E-state index in [2.05, 4.69) is 13.0 Å². The lowest BCUT2D eigenvalue weighted by molar-refractivity contribution is 0.243. The highest BCUT2D eigenvalue weighted by Gasteiger charge is 2.09. The van der Waals surface area contributed by atoms with Gasteiger partial charge in [0.15, 0.2) is 0 Å². The molecule has 0 saturated carbocycles. The van der Waals surface area contributed by atoms with E-state index in [-0.39, 0.29) is 6.10 Å². The highest BCUT2D eigenvalue weighted by atomic mass is 16.5. The summed E-state index contributed by atoms with van der Waals surface area (Å²) in [4.78, 5) is 0. The average molecular weight is 241 g/mol.